The van der Waals surface area contributed by atoms with E-state index in [1.54, 1.807) is 7.11 Å². The van der Waals surface area contributed by atoms with E-state index >= 15 is 0 Å². The molecule has 0 spiro atoms. The topological polar surface area (TPSA) is 32.7 Å². The van der Waals surface area contributed by atoms with Crippen LogP contribution in [0.2, 0.25) is 0 Å². The van der Waals surface area contributed by atoms with Crippen LogP contribution in [-0.4, -0.2) is 43.4 Å². The van der Waals surface area contributed by atoms with Gasteiger partial charge in [-0.15, -0.1) is 0 Å². The fourth-order valence-corrected chi connectivity index (χ4v) is 4.19. The van der Waals surface area contributed by atoms with Crippen LogP contribution < -0.4 is 4.74 Å². The summed E-state index contributed by atoms with van der Waals surface area (Å²) in [6.45, 7) is 2.23. The molecular formula is C17H25NO2. The molecule has 0 amide bonds. The van der Waals surface area contributed by atoms with Gasteiger partial charge in [0, 0.05) is 12.0 Å². The standard InChI is InChI=1S/C17H25NO2/c1-18-9-8-17(7-6-15(19)10-14(17)12-18)13-4-3-5-16(11-13)20-2/h3-5,11,14-15,19H,6-10,12H2,1-2H3. The Kier molecular flexibility index (Phi) is 3.74. The van der Waals surface area contributed by atoms with Crippen molar-refractivity contribution in [2.75, 3.05) is 27.2 Å². The lowest BCUT2D eigenvalue weighted by molar-refractivity contribution is 0.00461. The molecule has 0 radical (unpaired) electrons. The van der Waals surface area contributed by atoms with Crippen molar-refractivity contribution in [2.24, 2.45) is 5.92 Å². The van der Waals surface area contributed by atoms with E-state index in [-0.39, 0.29) is 11.5 Å². The van der Waals surface area contributed by atoms with E-state index in [9.17, 15) is 5.11 Å². The quantitative estimate of drug-likeness (QED) is 0.900. The number of methoxy groups -OCH3 is 1. The Labute approximate surface area is 121 Å². The zero-order valence-electron chi connectivity index (χ0n) is 12.5. The summed E-state index contributed by atoms with van der Waals surface area (Å²) in [5.41, 5.74) is 1.64. The number of fused-ring (bicyclic) bond motifs is 1. The van der Waals surface area contributed by atoms with Crippen LogP contribution in [0.25, 0.3) is 0 Å². The van der Waals surface area contributed by atoms with Crippen molar-refractivity contribution < 1.29 is 9.84 Å². The maximum Gasteiger partial charge on any atom is 0.119 e. The summed E-state index contributed by atoms with van der Waals surface area (Å²) in [4.78, 5) is 2.40. The number of ether oxygens (including phenoxy) is 1. The first-order valence-corrected chi connectivity index (χ1v) is 7.65. The molecule has 1 aliphatic heterocycles. The van der Waals surface area contributed by atoms with Crippen LogP contribution in [0.4, 0.5) is 0 Å². The van der Waals surface area contributed by atoms with E-state index in [0.29, 0.717) is 5.92 Å². The van der Waals surface area contributed by atoms with Gasteiger partial charge in [0.15, 0.2) is 0 Å². The van der Waals surface area contributed by atoms with Gasteiger partial charge >= 0.3 is 0 Å². The molecule has 1 aliphatic carbocycles. The molecule has 3 heteroatoms. The Morgan fingerprint density at radius 3 is 3.00 bits per heavy atom. The molecule has 2 fully saturated rings. The van der Waals surface area contributed by atoms with Gasteiger partial charge in [-0.25, -0.2) is 0 Å². The molecule has 0 aromatic heterocycles. The van der Waals surface area contributed by atoms with Crippen molar-refractivity contribution >= 4 is 0 Å². The molecule has 0 bridgehead atoms. The number of rotatable bonds is 2. The lowest BCUT2D eigenvalue weighted by Crippen LogP contribution is -2.52. The Balaban J connectivity index is 1.97. The summed E-state index contributed by atoms with van der Waals surface area (Å²) < 4.78 is 5.40. The van der Waals surface area contributed by atoms with Gasteiger partial charge in [-0.05, 0) is 62.9 Å². The predicted molar refractivity (Wildman–Crippen MR) is 80.1 cm³/mol. The van der Waals surface area contributed by atoms with Crippen LogP contribution >= 0.6 is 0 Å². The molecule has 1 saturated carbocycles. The number of benzene rings is 1. The van der Waals surface area contributed by atoms with E-state index in [0.717, 1.165) is 38.1 Å². The van der Waals surface area contributed by atoms with Crippen LogP contribution in [0.1, 0.15) is 31.2 Å². The monoisotopic (exact) mass is 275 g/mol. The van der Waals surface area contributed by atoms with Crippen LogP contribution in [0.3, 0.4) is 0 Å². The summed E-state index contributed by atoms with van der Waals surface area (Å²) >= 11 is 0. The van der Waals surface area contributed by atoms with Gasteiger partial charge in [0.25, 0.3) is 0 Å². The molecule has 110 valence electrons. The molecule has 1 aromatic carbocycles. The van der Waals surface area contributed by atoms with E-state index in [1.807, 2.05) is 6.07 Å². The molecule has 3 rings (SSSR count). The zero-order valence-corrected chi connectivity index (χ0v) is 12.5. The number of likely N-dealkylation sites (tertiary alicyclic amines) is 1. The number of piperidine rings is 1. The number of aliphatic hydroxyl groups is 1. The molecule has 3 atom stereocenters. The second-order valence-corrected chi connectivity index (χ2v) is 6.53. The van der Waals surface area contributed by atoms with Crippen molar-refractivity contribution in [3.63, 3.8) is 0 Å². The summed E-state index contributed by atoms with van der Waals surface area (Å²) in [7, 11) is 3.92. The summed E-state index contributed by atoms with van der Waals surface area (Å²) in [6.07, 6.45) is 4.03. The molecular weight excluding hydrogens is 250 g/mol. The lowest BCUT2D eigenvalue weighted by Gasteiger charge is -2.51. The highest BCUT2D eigenvalue weighted by Gasteiger charge is 2.46. The van der Waals surface area contributed by atoms with Gasteiger partial charge in [-0.3, -0.25) is 0 Å². The molecule has 2 aliphatic rings. The molecule has 1 saturated heterocycles. The zero-order chi connectivity index (χ0) is 14.2. The van der Waals surface area contributed by atoms with E-state index in [1.165, 1.54) is 12.0 Å². The third-order valence-electron chi connectivity index (χ3n) is 5.38. The van der Waals surface area contributed by atoms with Crippen LogP contribution in [0.15, 0.2) is 24.3 Å². The fraction of sp³-hybridized carbons (Fsp3) is 0.647. The second-order valence-electron chi connectivity index (χ2n) is 6.53. The Morgan fingerprint density at radius 1 is 1.35 bits per heavy atom. The second kappa shape index (κ2) is 5.38. The van der Waals surface area contributed by atoms with Gasteiger partial charge in [-0.1, -0.05) is 12.1 Å². The number of aliphatic hydroxyl groups excluding tert-OH is 1. The normalized spacial score (nSPS) is 34.5. The van der Waals surface area contributed by atoms with Crippen molar-refractivity contribution in [1.29, 1.82) is 0 Å². The first-order valence-electron chi connectivity index (χ1n) is 7.65. The minimum absolute atomic E-state index is 0.120. The van der Waals surface area contributed by atoms with Gasteiger partial charge in [0.2, 0.25) is 0 Å². The van der Waals surface area contributed by atoms with Gasteiger partial charge in [0.1, 0.15) is 5.75 Å². The molecule has 3 nitrogen and oxygen atoms in total. The van der Waals surface area contributed by atoms with Gasteiger partial charge < -0.3 is 14.7 Å². The van der Waals surface area contributed by atoms with E-state index < -0.39 is 0 Å². The van der Waals surface area contributed by atoms with Gasteiger partial charge in [-0.2, -0.15) is 0 Å². The van der Waals surface area contributed by atoms with E-state index in [4.69, 9.17) is 4.74 Å². The summed E-state index contributed by atoms with van der Waals surface area (Å²) in [5.74, 6) is 1.50. The summed E-state index contributed by atoms with van der Waals surface area (Å²) in [6, 6.07) is 8.57. The minimum Gasteiger partial charge on any atom is -0.497 e. The van der Waals surface area contributed by atoms with Crippen molar-refractivity contribution in [2.45, 2.75) is 37.2 Å². The average Bonchev–Trinajstić information content (AvgIpc) is 2.47. The number of hydrogen-bond acceptors (Lipinski definition) is 3. The number of nitrogens with zero attached hydrogens (tertiary/aromatic N) is 1. The van der Waals surface area contributed by atoms with Crippen LogP contribution in [0, 0.1) is 5.92 Å². The predicted octanol–water partition coefficient (Wildman–Crippen LogP) is 2.43. The van der Waals surface area contributed by atoms with Crippen molar-refractivity contribution in [3.05, 3.63) is 29.8 Å². The largest absolute Gasteiger partial charge is 0.497 e. The first kappa shape index (κ1) is 13.9. The lowest BCUT2D eigenvalue weighted by atomic mass is 9.58. The average molecular weight is 275 g/mol. The Bertz CT molecular complexity index is 458. The fourth-order valence-electron chi connectivity index (χ4n) is 4.19. The molecule has 1 heterocycles. The highest BCUT2D eigenvalue weighted by atomic mass is 16.5. The smallest absolute Gasteiger partial charge is 0.119 e. The van der Waals surface area contributed by atoms with Gasteiger partial charge in [0.05, 0.1) is 13.2 Å². The van der Waals surface area contributed by atoms with Crippen LogP contribution in [-0.2, 0) is 5.41 Å². The highest BCUT2D eigenvalue weighted by Crippen LogP contribution is 2.49. The number of hydrogen-bond donors (Lipinski definition) is 1. The minimum atomic E-state index is -0.120. The SMILES string of the molecule is COc1cccc(C23CCC(O)CC2CN(C)CC3)c1. The summed E-state index contributed by atoms with van der Waals surface area (Å²) in [5, 5.41) is 10.1. The third-order valence-corrected chi connectivity index (χ3v) is 5.38. The maximum absolute atomic E-state index is 10.1. The Morgan fingerprint density at radius 2 is 2.20 bits per heavy atom. The highest BCUT2D eigenvalue weighted by molar-refractivity contribution is 5.36. The molecule has 1 N–H and O–H groups in total. The van der Waals surface area contributed by atoms with Crippen LogP contribution in [0.5, 0.6) is 5.75 Å². The Hall–Kier alpha value is -1.06. The molecule has 1 aromatic rings. The molecule has 20 heavy (non-hydrogen) atoms. The molecule has 3 unspecified atom stereocenters. The van der Waals surface area contributed by atoms with E-state index in [2.05, 4.69) is 30.1 Å². The third kappa shape index (κ3) is 2.33. The first-order chi connectivity index (χ1) is 9.64. The van der Waals surface area contributed by atoms with Crippen molar-refractivity contribution in [1.82, 2.24) is 4.90 Å². The van der Waals surface area contributed by atoms with Crippen molar-refractivity contribution in [3.8, 4) is 5.75 Å². The maximum atomic E-state index is 10.1.